The topological polar surface area (TPSA) is 40.6 Å². The highest BCUT2D eigenvalue weighted by atomic mass is 35.5. The summed E-state index contributed by atoms with van der Waals surface area (Å²) in [6.45, 7) is 4.59. The van der Waals surface area contributed by atoms with Crippen molar-refractivity contribution in [1.29, 1.82) is 0 Å². The number of carbonyl (C=O) groups excluding carboxylic acids is 2. The number of halogens is 2. The van der Waals surface area contributed by atoms with E-state index in [9.17, 15) is 14.0 Å². The van der Waals surface area contributed by atoms with Crippen LogP contribution in [0.2, 0.25) is 5.02 Å². The minimum atomic E-state index is -1.28. The van der Waals surface area contributed by atoms with E-state index in [1.54, 1.807) is 28.0 Å². The molecule has 0 radical (unpaired) electrons. The van der Waals surface area contributed by atoms with E-state index in [4.69, 9.17) is 11.6 Å². The molecular formula is C26H22ClFN2O2S. The first-order valence-corrected chi connectivity index (χ1v) is 11.9. The van der Waals surface area contributed by atoms with Crippen molar-refractivity contribution in [2.24, 2.45) is 0 Å². The molecule has 1 atom stereocenters. The van der Waals surface area contributed by atoms with Gasteiger partial charge < -0.3 is 9.80 Å². The molecule has 0 aliphatic carbocycles. The minimum absolute atomic E-state index is 0.0370. The summed E-state index contributed by atoms with van der Waals surface area (Å²) in [4.78, 5) is 29.8. The van der Waals surface area contributed by atoms with Crippen LogP contribution in [-0.4, -0.2) is 28.0 Å². The standard InChI is InChI=1S/C26H22ClFN2O2S/c1-25(2)16-30(23(31)18-10-4-7-13-21(18)28)26(33-25)19-11-5-8-14-22(19)29(24(26)32)15-17-9-3-6-12-20(17)27/h3-14H,15-16H2,1-2H3/t26-/m0/s1. The van der Waals surface area contributed by atoms with E-state index in [0.29, 0.717) is 11.6 Å². The van der Waals surface area contributed by atoms with Crippen LogP contribution in [0.25, 0.3) is 0 Å². The summed E-state index contributed by atoms with van der Waals surface area (Å²) in [5, 5.41) is 0.572. The average molecular weight is 481 g/mol. The van der Waals surface area contributed by atoms with E-state index in [0.717, 1.165) is 16.8 Å². The Balaban J connectivity index is 1.65. The highest BCUT2D eigenvalue weighted by Gasteiger charge is 2.63. The number of hydrogen-bond donors (Lipinski definition) is 0. The van der Waals surface area contributed by atoms with Crippen LogP contribution in [0, 0.1) is 5.82 Å². The lowest BCUT2D eigenvalue weighted by Gasteiger charge is -2.33. The summed E-state index contributed by atoms with van der Waals surface area (Å²) in [6, 6.07) is 20.8. The predicted molar refractivity (Wildman–Crippen MR) is 130 cm³/mol. The molecule has 1 fully saturated rings. The maximum atomic E-state index is 14.6. The molecule has 4 nitrogen and oxygen atoms in total. The summed E-state index contributed by atoms with van der Waals surface area (Å²) in [6.07, 6.45) is 0. The second kappa shape index (κ2) is 7.89. The molecule has 2 aliphatic heterocycles. The van der Waals surface area contributed by atoms with Gasteiger partial charge in [0, 0.05) is 21.9 Å². The lowest BCUT2D eigenvalue weighted by Crippen LogP contribution is -2.50. The fourth-order valence-corrected chi connectivity index (χ4v) is 6.62. The normalized spacial score (nSPS) is 21.0. The van der Waals surface area contributed by atoms with Crippen LogP contribution in [-0.2, 0) is 16.2 Å². The van der Waals surface area contributed by atoms with Crippen molar-refractivity contribution in [3.63, 3.8) is 0 Å². The molecule has 0 saturated carbocycles. The lowest BCUT2D eigenvalue weighted by atomic mass is 10.0. The third kappa shape index (κ3) is 3.44. The Hall–Kier alpha value is -2.83. The van der Waals surface area contributed by atoms with Crippen LogP contribution < -0.4 is 4.90 Å². The van der Waals surface area contributed by atoms with Gasteiger partial charge in [-0.25, -0.2) is 4.39 Å². The number of anilines is 1. The average Bonchev–Trinajstić information content (AvgIpc) is 3.21. The van der Waals surface area contributed by atoms with Crippen LogP contribution in [0.5, 0.6) is 0 Å². The van der Waals surface area contributed by atoms with E-state index in [2.05, 4.69) is 0 Å². The first kappa shape index (κ1) is 22.0. The highest BCUT2D eigenvalue weighted by Crippen LogP contribution is 2.60. The van der Waals surface area contributed by atoms with Gasteiger partial charge in [-0.15, -0.1) is 11.8 Å². The van der Waals surface area contributed by atoms with Gasteiger partial charge in [-0.2, -0.15) is 0 Å². The second-order valence-corrected chi connectivity index (χ2v) is 11.2. The molecule has 0 unspecified atom stereocenters. The molecule has 3 aromatic rings. The van der Waals surface area contributed by atoms with Crippen LogP contribution in [0.4, 0.5) is 10.1 Å². The third-order valence-corrected chi connectivity index (χ3v) is 8.03. The maximum absolute atomic E-state index is 14.6. The van der Waals surface area contributed by atoms with Gasteiger partial charge in [0.15, 0.2) is 4.87 Å². The molecular weight excluding hydrogens is 459 g/mol. The number of fused-ring (bicyclic) bond motifs is 2. The number of hydrogen-bond acceptors (Lipinski definition) is 3. The molecule has 0 aromatic heterocycles. The van der Waals surface area contributed by atoms with Crippen LogP contribution in [0.15, 0.2) is 72.8 Å². The number of thioether (sulfide) groups is 1. The van der Waals surface area contributed by atoms with E-state index >= 15 is 0 Å². The van der Waals surface area contributed by atoms with Crippen LogP contribution >= 0.6 is 23.4 Å². The van der Waals surface area contributed by atoms with Crippen LogP contribution in [0.1, 0.15) is 35.3 Å². The number of amides is 2. The SMILES string of the molecule is CC1(C)CN(C(=O)c2ccccc2F)[C@@]2(S1)C(=O)N(Cc1ccccc1Cl)c1ccccc12. The Morgan fingerprint density at radius 2 is 1.70 bits per heavy atom. The van der Waals surface area contributed by atoms with E-state index in [1.165, 1.54) is 23.9 Å². The third-order valence-electron chi connectivity index (χ3n) is 6.07. The van der Waals surface area contributed by atoms with Gasteiger partial charge in [0.25, 0.3) is 11.8 Å². The number of benzene rings is 3. The first-order chi connectivity index (χ1) is 15.7. The molecule has 0 N–H and O–H groups in total. The molecule has 1 saturated heterocycles. The summed E-state index contributed by atoms with van der Waals surface area (Å²) in [7, 11) is 0. The lowest BCUT2D eigenvalue weighted by molar-refractivity contribution is -0.123. The Morgan fingerprint density at radius 3 is 2.45 bits per heavy atom. The number of carbonyl (C=O) groups is 2. The zero-order valence-electron chi connectivity index (χ0n) is 18.2. The first-order valence-electron chi connectivity index (χ1n) is 10.7. The maximum Gasteiger partial charge on any atom is 0.268 e. The molecule has 2 aliphatic rings. The van der Waals surface area contributed by atoms with E-state index in [-0.39, 0.29) is 18.0 Å². The van der Waals surface area contributed by atoms with Gasteiger partial charge in [0.2, 0.25) is 0 Å². The minimum Gasteiger partial charge on any atom is -0.310 e. The Kier molecular flexibility index (Phi) is 5.26. The van der Waals surface area contributed by atoms with Crippen LogP contribution in [0.3, 0.4) is 0 Å². The molecule has 2 heterocycles. The smallest absolute Gasteiger partial charge is 0.268 e. The van der Waals surface area contributed by atoms with Gasteiger partial charge in [-0.1, -0.05) is 60.1 Å². The second-order valence-electron chi connectivity index (χ2n) is 8.88. The highest BCUT2D eigenvalue weighted by molar-refractivity contribution is 8.02. The summed E-state index contributed by atoms with van der Waals surface area (Å²) >= 11 is 7.84. The van der Waals surface area contributed by atoms with E-state index < -0.39 is 21.3 Å². The fourth-order valence-electron chi connectivity index (χ4n) is 4.69. The van der Waals surface area contributed by atoms with Crippen molar-refractivity contribution in [2.45, 2.75) is 30.0 Å². The number of rotatable bonds is 3. The van der Waals surface area contributed by atoms with Crippen molar-refractivity contribution < 1.29 is 14.0 Å². The van der Waals surface area contributed by atoms with Gasteiger partial charge in [-0.3, -0.25) is 9.59 Å². The molecule has 7 heteroatoms. The Labute approximate surface area is 201 Å². The zero-order valence-corrected chi connectivity index (χ0v) is 19.8. The monoisotopic (exact) mass is 480 g/mol. The molecule has 2 amide bonds. The van der Waals surface area contributed by atoms with Gasteiger partial charge in [-0.05, 0) is 43.7 Å². The fraction of sp³-hybridized carbons (Fsp3) is 0.231. The quantitative estimate of drug-likeness (QED) is 0.472. The molecule has 1 spiro atoms. The molecule has 33 heavy (non-hydrogen) atoms. The number of nitrogens with zero attached hydrogens (tertiary/aromatic N) is 2. The Morgan fingerprint density at radius 1 is 1.03 bits per heavy atom. The zero-order chi connectivity index (χ0) is 23.4. The van der Waals surface area contributed by atoms with Gasteiger partial charge in [0.1, 0.15) is 5.82 Å². The summed E-state index contributed by atoms with van der Waals surface area (Å²) in [5.74, 6) is -1.31. The molecule has 3 aromatic carbocycles. The van der Waals surface area contributed by atoms with Gasteiger partial charge >= 0.3 is 0 Å². The molecule has 168 valence electrons. The van der Waals surface area contributed by atoms with Crippen molar-refractivity contribution in [3.05, 3.63) is 100 Å². The molecule has 5 rings (SSSR count). The van der Waals surface area contributed by atoms with Crippen molar-refractivity contribution >= 4 is 40.9 Å². The largest absolute Gasteiger partial charge is 0.310 e. The van der Waals surface area contributed by atoms with E-state index in [1.807, 2.05) is 56.3 Å². The summed E-state index contributed by atoms with van der Waals surface area (Å²) in [5.41, 5.74) is 2.25. The predicted octanol–water partition coefficient (Wildman–Crippen LogP) is 5.85. The number of para-hydroxylation sites is 1. The summed E-state index contributed by atoms with van der Waals surface area (Å²) < 4.78 is 14.2. The van der Waals surface area contributed by atoms with Gasteiger partial charge in [0.05, 0.1) is 17.8 Å². The molecule has 0 bridgehead atoms. The Bertz CT molecular complexity index is 1280. The van der Waals surface area contributed by atoms with Crippen molar-refractivity contribution in [1.82, 2.24) is 4.90 Å². The van der Waals surface area contributed by atoms with Crippen molar-refractivity contribution in [3.8, 4) is 0 Å². The van der Waals surface area contributed by atoms with Crippen molar-refractivity contribution in [2.75, 3.05) is 11.4 Å².